The molecule has 0 unspecified atom stereocenters. The number of thioether (sulfide) groups is 1. The Morgan fingerprint density at radius 2 is 2.19 bits per heavy atom. The van der Waals surface area contributed by atoms with Crippen LogP contribution in [-0.2, 0) is 20.7 Å². The zero-order valence-electron chi connectivity index (χ0n) is 11.8. The minimum Gasteiger partial charge on any atom is -0.378 e. The van der Waals surface area contributed by atoms with Crippen molar-refractivity contribution in [1.29, 1.82) is 0 Å². The van der Waals surface area contributed by atoms with E-state index in [-0.39, 0.29) is 11.8 Å². The lowest BCUT2D eigenvalue weighted by Crippen LogP contribution is -2.41. The van der Waals surface area contributed by atoms with Gasteiger partial charge in [0.15, 0.2) is 0 Å². The van der Waals surface area contributed by atoms with Crippen LogP contribution in [-0.4, -0.2) is 71.0 Å². The SMILES string of the molecule is O=C(CSCC(=O)N1CCOCC1)NCCc1cnc[nH]1. The Kier molecular flexibility index (Phi) is 6.55. The van der Waals surface area contributed by atoms with Crippen molar-refractivity contribution in [3.8, 4) is 0 Å². The number of morpholine rings is 1. The molecule has 8 heteroatoms. The number of imidazole rings is 1. The number of aromatic amines is 1. The van der Waals surface area contributed by atoms with Crippen LogP contribution in [0.3, 0.4) is 0 Å². The summed E-state index contributed by atoms with van der Waals surface area (Å²) < 4.78 is 5.20. The standard InChI is InChI=1S/C13H20N4O3S/c18-12(15-2-1-11-7-14-10-16-11)8-21-9-13(19)17-3-5-20-6-4-17/h7,10H,1-6,8-9H2,(H,14,16)(H,15,18). The van der Waals surface area contributed by atoms with Crippen molar-refractivity contribution >= 4 is 23.6 Å². The summed E-state index contributed by atoms with van der Waals surface area (Å²) in [6, 6.07) is 0. The van der Waals surface area contributed by atoms with Gasteiger partial charge in [-0.15, -0.1) is 11.8 Å². The first-order valence-electron chi connectivity index (χ1n) is 6.93. The summed E-state index contributed by atoms with van der Waals surface area (Å²) in [6.07, 6.45) is 4.08. The third kappa shape index (κ3) is 5.76. The number of amides is 2. The Balaban J connectivity index is 1.53. The molecular weight excluding hydrogens is 292 g/mol. The van der Waals surface area contributed by atoms with E-state index in [4.69, 9.17) is 4.74 Å². The first kappa shape index (κ1) is 15.8. The molecule has 1 aliphatic rings. The first-order valence-corrected chi connectivity index (χ1v) is 8.08. The van der Waals surface area contributed by atoms with Crippen LogP contribution < -0.4 is 5.32 Å². The Morgan fingerprint density at radius 1 is 1.38 bits per heavy atom. The predicted molar refractivity (Wildman–Crippen MR) is 80.0 cm³/mol. The summed E-state index contributed by atoms with van der Waals surface area (Å²) in [6.45, 7) is 3.07. The molecule has 0 bridgehead atoms. The van der Waals surface area contributed by atoms with Crippen LogP contribution in [0.2, 0.25) is 0 Å². The predicted octanol–water partition coefficient (Wildman–Crippen LogP) is -0.340. The second kappa shape index (κ2) is 8.68. The monoisotopic (exact) mass is 312 g/mol. The highest BCUT2D eigenvalue weighted by Gasteiger charge is 2.16. The lowest BCUT2D eigenvalue weighted by Gasteiger charge is -2.26. The van der Waals surface area contributed by atoms with Crippen molar-refractivity contribution in [3.63, 3.8) is 0 Å². The molecule has 0 aromatic carbocycles. The molecule has 1 aliphatic heterocycles. The van der Waals surface area contributed by atoms with E-state index in [1.165, 1.54) is 11.8 Å². The van der Waals surface area contributed by atoms with Gasteiger partial charge in [-0.3, -0.25) is 9.59 Å². The molecule has 2 N–H and O–H groups in total. The number of aromatic nitrogens is 2. The van der Waals surface area contributed by atoms with Gasteiger partial charge in [0.25, 0.3) is 0 Å². The van der Waals surface area contributed by atoms with Gasteiger partial charge in [-0.05, 0) is 0 Å². The molecule has 116 valence electrons. The van der Waals surface area contributed by atoms with E-state index in [1.54, 1.807) is 17.4 Å². The number of ether oxygens (including phenoxy) is 1. The molecule has 1 aromatic heterocycles. The summed E-state index contributed by atoms with van der Waals surface area (Å²) in [5.74, 6) is 0.676. The Morgan fingerprint density at radius 3 is 2.90 bits per heavy atom. The molecule has 1 fully saturated rings. The molecule has 0 saturated carbocycles. The highest BCUT2D eigenvalue weighted by atomic mass is 32.2. The Labute approximate surface area is 127 Å². The molecule has 1 saturated heterocycles. The van der Waals surface area contributed by atoms with Crippen LogP contribution in [0, 0.1) is 0 Å². The minimum atomic E-state index is -0.0470. The summed E-state index contributed by atoms with van der Waals surface area (Å²) >= 11 is 1.35. The van der Waals surface area contributed by atoms with Gasteiger partial charge < -0.3 is 19.9 Å². The second-order valence-corrected chi connectivity index (χ2v) is 5.65. The van der Waals surface area contributed by atoms with Crippen molar-refractivity contribution in [2.45, 2.75) is 6.42 Å². The molecule has 2 rings (SSSR count). The number of carbonyl (C=O) groups excluding carboxylic acids is 2. The van der Waals surface area contributed by atoms with Gasteiger partial charge in [-0.25, -0.2) is 4.98 Å². The van der Waals surface area contributed by atoms with E-state index in [0.29, 0.717) is 44.4 Å². The lowest BCUT2D eigenvalue weighted by molar-refractivity contribution is -0.132. The summed E-state index contributed by atoms with van der Waals surface area (Å²) in [5, 5.41) is 2.82. The number of nitrogens with one attached hydrogen (secondary N) is 2. The molecular formula is C13H20N4O3S. The van der Waals surface area contributed by atoms with Gasteiger partial charge in [-0.1, -0.05) is 0 Å². The second-order valence-electron chi connectivity index (χ2n) is 4.66. The molecule has 0 atom stereocenters. The normalized spacial score (nSPS) is 15.0. The van der Waals surface area contributed by atoms with Crippen LogP contribution in [0.25, 0.3) is 0 Å². The van der Waals surface area contributed by atoms with Crippen LogP contribution in [0.1, 0.15) is 5.69 Å². The quantitative estimate of drug-likeness (QED) is 0.719. The molecule has 2 amide bonds. The maximum absolute atomic E-state index is 11.9. The first-order chi connectivity index (χ1) is 10.3. The fraction of sp³-hybridized carbons (Fsp3) is 0.615. The Hall–Kier alpha value is -1.54. The van der Waals surface area contributed by atoms with E-state index in [1.807, 2.05) is 0 Å². The number of hydrogen-bond donors (Lipinski definition) is 2. The summed E-state index contributed by atoms with van der Waals surface area (Å²) in [7, 11) is 0. The van der Waals surface area contributed by atoms with Crippen molar-refractivity contribution in [2.24, 2.45) is 0 Å². The Bertz CT molecular complexity index is 446. The van der Waals surface area contributed by atoms with E-state index in [2.05, 4.69) is 15.3 Å². The van der Waals surface area contributed by atoms with E-state index < -0.39 is 0 Å². The summed E-state index contributed by atoms with van der Waals surface area (Å²) in [5.41, 5.74) is 0.991. The average molecular weight is 312 g/mol. The molecule has 0 spiro atoms. The van der Waals surface area contributed by atoms with E-state index in [0.717, 1.165) is 12.1 Å². The topological polar surface area (TPSA) is 87.3 Å². The fourth-order valence-corrected chi connectivity index (χ4v) is 2.69. The van der Waals surface area contributed by atoms with E-state index >= 15 is 0 Å². The third-order valence-corrected chi connectivity index (χ3v) is 4.01. The highest BCUT2D eigenvalue weighted by Crippen LogP contribution is 2.05. The number of carbonyl (C=O) groups is 2. The molecule has 0 radical (unpaired) electrons. The van der Waals surface area contributed by atoms with Crippen LogP contribution >= 0.6 is 11.8 Å². The van der Waals surface area contributed by atoms with Crippen molar-refractivity contribution in [3.05, 3.63) is 18.2 Å². The van der Waals surface area contributed by atoms with Crippen LogP contribution in [0.4, 0.5) is 0 Å². The molecule has 21 heavy (non-hydrogen) atoms. The number of nitrogens with zero attached hydrogens (tertiary/aromatic N) is 2. The van der Waals surface area contributed by atoms with Gasteiger partial charge in [0.2, 0.25) is 11.8 Å². The van der Waals surface area contributed by atoms with Crippen molar-refractivity contribution < 1.29 is 14.3 Å². The third-order valence-electron chi connectivity index (χ3n) is 3.09. The average Bonchev–Trinajstić information content (AvgIpc) is 3.01. The van der Waals surface area contributed by atoms with Gasteiger partial charge in [0, 0.05) is 37.9 Å². The minimum absolute atomic E-state index is 0.0470. The lowest BCUT2D eigenvalue weighted by atomic mass is 10.3. The molecule has 0 aliphatic carbocycles. The zero-order valence-corrected chi connectivity index (χ0v) is 12.7. The van der Waals surface area contributed by atoms with Gasteiger partial charge in [0.05, 0.1) is 31.0 Å². The van der Waals surface area contributed by atoms with Gasteiger partial charge in [-0.2, -0.15) is 0 Å². The van der Waals surface area contributed by atoms with Gasteiger partial charge >= 0.3 is 0 Å². The van der Waals surface area contributed by atoms with Crippen molar-refractivity contribution in [2.75, 3.05) is 44.4 Å². The maximum Gasteiger partial charge on any atom is 0.232 e. The van der Waals surface area contributed by atoms with Crippen LogP contribution in [0.15, 0.2) is 12.5 Å². The van der Waals surface area contributed by atoms with E-state index in [9.17, 15) is 9.59 Å². The number of H-pyrrole nitrogens is 1. The zero-order chi connectivity index (χ0) is 14.9. The number of hydrogen-bond acceptors (Lipinski definition) is 5. The molecule has 2 heterocycles. The maximum atomic E-state index is 11.9. The smallest absolute Gasteiger partial charge is 0.232 e. The number of rotatable bonds is 7. The van der Waals surface area contributed by atoms with Crippen LogP contribution in [0.5, 0.6) is 0 Å². The molecule has 7 nitrogen and oxygen atoms in total. The fourth-order valence-electron chi connectivity index (χ4n) is 1.94. The largest absolute Gasteiger partial charge is 0.378 e. The molecule has 1 aromatic rings. The summed E-state index contributed by atoms with van der Waals surface area (Å²) in [4.78, 5) is 32.2. The van der Waals surface area contributed by atoms with Crippen molar-refractivity contribution in [1.82, 2.24) is 20.2 Å². The highest BCUT2D eigenvalue weighted by molar-refractivity contribution is 8.00. The van der Waals surface area contributed by atoms with Gasteiger partial charge in [0.1, 0.15) is 0 Å².